The molecule has 4 nitrogen and oxygen atoms in total. The summed E-state index contributed by atoms with van der Waals surface area (Å²) in [7, 11) is 1.32. The lowest BCUT2D eigenvalue weighted by atomic mass is 10.0. The van der Waals surface area contributed by atoms with Gasteiger partial charge in [-0.05, 0) is 30.2 Å². The molecule has 2 heterocycles. The van der Waals surface area contributed by atoms with Crippen molar-refractivity contribution in [3.63, 3.8) is 0 Å². The lowest BCUT2D eigenvalue weighted by Gasteiger charge is -2.25. The summed E-state index contributed by atoms with van der Waals surface area (Å²) in [5.41, 5.74) is 1.15. The molecule has 0 amide bonds. The van der Waals surface area contributed by atoms with Gasteiger partial charge in [-0.1, -0.05) is 34.5 Å². The van der Waals surface area contributed by atoms with Crippen LogP contribution in [0.2, 0.25) is 10.2 Å². The topological polar surface area (TPSA) is 51.2 Å². The van der Waals surface area contributed by atoms with Gasteiger partial charge in [-0.3, -0.25) is 0 Å². The van der Waals surface area contributed by atoms with Crippen molar-refractivity contribution in [3.05, 3.63) is 38.8 Å². The van der Waals surface area contributed by atoms with E-state index in [0.717, 1.165) is 17.7 Å². The third-order valence-corrected chi connectivity index (χ3v) is 5.98. The SMILES string of the molecule is COC(=O)c1sc(NC2CCSc3ccc(Cl)cc32)nc1Cl. The molecule has 1 atom stereocenters. The Hall–Kier alpha value is -0.950. The second-order valence-electron chi connectivity index (χ2n) is 4.65. The zero-order valence-corrected chi connectivity index (χ0v) is 14.7. The number of anilines is 1. The number of hydrogen-bond donors (Lipinski definition) is 1. The summed E-state index contributed by atoms with van der Waals surface area (Å²) in [5, 5.41) is 4.82. The van der Waals surface area contributed by atoms with Gasteiger partial charge in [0.05, 0.1) is 13.2 Å². The van der Waals surface area contributed by atoms with Gasteiger partial charge in [-0.15, -0.1) is 11.8 Å². The minimum absolute atomic E-state index is 0.0997. The number of rotatable bonds is 3. The van der Waals surface area contributed by atoms with Crippen molar-refractivity contribution in [2.24, 2.45) is 0 Å². The van der Waals surface area contributed by atoms with Crippen molar-refractivity contribution in [3.8, 4) is 0 Å². The number of fused-ring (bicyclic) bond motifs is 1. The number of methoxy groups -OCH3 is 1. The Morgan fingerprint density at radius 1 is 1.45 bits per heavy atom. The van der Waals surface area contributed by atoms with E-state index in [9.17, 15) is 4.79 Å². The molecule has 1 aromatic carbocycles. The van der Waals surface area contributed by atoms with Crippen LogP contribution in [0.15, 0.2) is 23.1 Å². The summed E-state index contributed by atoms with van der Waals surface area (Å²) in [6.45, 7) is 0. The Balaban J connectivity index is 1.86. The number of ether oxygens (including phenoxy) is 1. The molecule has 0 spiro atoms. The Kier molecular flexibility index (Phi) is 4.82. The van der Waals surface area contributed by atoms with Gasteiger partial charge in [-0.2, -0.15) is 0 Å². The van der Waals surface area contributed by atoms with Gasteiger partial charge < -0.3 is 10.1 Å². The fraction of sp³-hybridized carbons (Fsp3) is 0.286. The van der Waals surface area contributed by atoms with Crippen LogP contribution in [0.25, 0.3) is 0 Å². The minimum atomic E-state index is -0.474. The molecule has 2 aromatic rings. The van der Waals surface area contributed by atoms with Crippen LogP contribution in [0.5, 0.6) is 0 Å². The van der Waals surface area contributed by atoms with E-state index >= 15 is 0 Å². The largest absolute Gasteiger partial charge is 0.465 e. The van der Waals surface area contributed by atoms with E-state index < -0.39 is 5.97 Å². The average Bonchev–Trinajstić information content (AvgIpc) is 2.88. The van der Waals surface area contributed by atoms with Crippen LogP contribution < -0.4 is 5.32 Å². The fourth-order valence-electron chi connectivity index (χ4n) is 2.25. The summed E-state index contributed by atoms with van der Waals surface area (Å²) in [5.74, 6) is 0.535. The fourth-order valence-corrected chi connectivity index (χ4v) is 4.69. The number of halogens is 2. The number of aromatic nitrogens is 1. The first-order valence-corrected chi connectivity index (χ1v) is 9.07. The zero-order chi connectivity index (χ0) is 15.7. The predicted molar refractivity (Wildman–Crippen MR) is 91.6 cm³/mol. The summed E-state index contributed by atoms with van der Waals surface area (Å²) < 4.78 is 4.69. The van der Waals surface area contributed by atoms with Crippen molar-refractivity contribution in [2.75, 3.05) is 18.2 Å². The Labute approximate surface area is 146 Å². The summed E-state index contributed by atoms with van der Waals surface area (Å²) in [6, 6.07) is 6.00. The Morgan fingerprint density at radius 3 is 3.05 bits per heavy atom. The maximum Gasteiger partial charge on any atom is 0.351 e. The first-order chi connectivity index (χ1) is 10.6. The third-order valence-electron chi connectivity index (χ3n) is 3.27. The Morgan fingerprint density at radius 2 is 2.27 bits per heavy atom. The smallest absolute Gasteiger partial charge is 0.351 e. The first-order valence-electron chi connectivity index (χ1n) is 6.52. The maximum absolute atomic E-state index is 11.6. The van der Waals surface area contributed by atoms with Gasteiger partial charge >= 0.3 is 5.97 Å². The zero-order valence-electron chi connectivity index (χ0n) is 11.6. The second-order valence-corrected chi connectivity index (χ2v) is 7.58. The number of thioether (sulfide) groups is 1. The molecule has 22 heavy (non-hydrogen) atoms. The number of benzene rings is 1. The summed E-state index contributed by atoms with van der Waals surface area (Å²) >= 11 is 15.1. The molecule has 0 aliphatic carbocycles. The number of esters is 1. The highest BCUT2D eigenvalue weighted by Crippen LogP contribution is 2.40. The van der Waals surface area contributed by atoms with E-state index in [1.807, 2.05) is 30.0 Å². The molecule has 1 aliphatic heterocycles. The summed E-state index contributed by atoms with van der Waals surface area (Å²) in [6.07, 6.45) is 0.947. The van der Waals surface area contributed by atoms with Crippen LogP contribution in [0.4, 0.5) is 5.13 Å². The molecule has 0 saturated carbocycles. The summed E-state index contributed by atoms with van der Waals surface area (Å²) in [4.78, 5) is 17.3. The molecule has 1 aliphatic rings. The monoisotopic (exact) mass is 374 g/mol. The minimum Gasteiger partial charge on any atom is -0.465 e. The van der Waals surface area contributed by atoms with Gasteiger partial charge in [0, 0.05) is 15.7 Å². The van der Waals surface area contributed by atoms with E-state index in [-0.39, 0.29) is 11.2 Å². The molecule has 1 N–H and O–H groups in total. The molecule has 3 rings (SSSR count). The van der Waals surface area contributed by atoms with Gasteiger partial charge in [0.25, 0.3) is 0 Å². The van der Waals surface area contributed by atoms with Crippen molar-refractivity contribution in [1.82, 2.24) is 4.98 Å². The second kappa shape index (κ2) is 6.66. The number of hydrogen-bond acceptors (Lipinski definition) is 6. The van der Waals surface area contributed by atoms with E-state index in [0.29, 0.717) is 15.0 Å². The standard InChI is InChI=1S/C14H12Cl2N2O2S2/c1-20-13(19)11-12(16)18-14(22-11)17-9-4-5-21-10-3-2-7(15)6-8(9)10/h2-3,6,9H,4-5H2,1H3,(H,17,18). The van der Waals surface area contributed by atoms with Gasteiger partial charge in [-0.25, -0.2) is 9.78 Å². The van der Waals surface area contributed by atoms with Crippen molar-refractivity contribution in [2.45, 2.75) is 17.4 Å². The molecule has 0 radical (unpaired) electrons. The van der Waals surface area contributed by atoms with Crippen LogP contribution in [0.3, 0.4) is 0 Å². The van der Waals surface area contributed by atoms with Crippen molar-refractivity contribution >= 4 is 57.4 Å². The lowest BCUT2D eigenvalue weighted by Crippen LogP contribution is -2.15. The van der Waals surface area contributed by atoms with E-state index in [4.69, 9.17) is 27.9 Å². The quantitative estimate of drug-likeness (QED) is 0.775. The van der Waals surface area contributed by atoms with Gasteiger partial charge in [0.15, 0.2) is 15.2 Å². The molecule has 0 bridgehead atoms. The van der Waals surface area contributed by atoms with Crippen molar-refractivity contribution in [1.29, 1.82) is 0 Å². The van der Waals surface area contributed by atoms with Crippen LogP contribution in [0, 0.1) is 0 Å². The molecule has 1 unspecified atom stereocenters. The highest BCUT2D eigenvalue weighted by Gasteiger charge is 2.24. The molecular formula is C14H12Cl2N2O2S2. The number of carbonyl (C=O) groups excluding carboxylic acids is 1. The highest BCUT2D eigenvalue weighted by molar-refractivity contribution is 7.99. The van der Waals surface area contributed by atoms with E-state index in [1.165, 1.54) is 23.3 Å². The lowest BCUT2D eigenvalue weighted by molar-refractivity contribution is 0.0606. The van der Waals surface area contributed by atoms with E-state index in [1.54, 1.807) is 0 Å². The van der Waals surface area contributed by atoms with Crippen molar-refractivity contribution < 1.29 is 9.53 Å². The normalized spacial score (nSPS) is 17.0. The number of thiazole rings is 1. The number of carbonyl (C=O) groups is 1. The molecule has 1 aromatic heterocycles. The van der Waals surface area contributed by atoms with Gasteiger partial charge in [0.1, 0.15) is 0 Å². The molecule has 0 saturated heterocycles. The molecule has 116 valence electrons. The van der Waals surface area contributed by atoms with Crippen LogP contribution in [0.1, 0.15) is 27.7 Å². The average molecular weight is 375 g/mol. The van der Waals surface area contributed by atoms with Gasteiger partial charge in [0.2, 0.25) is 0 Å². The first kappa shape index (κ1) is 15.9. The number of nitrogens with one attached hydrogen (secondary N) is 1. The van der Waals surface area contributed by atoms with E-state index in [2.05, 4.69) is 10.3 Å². The Bertz CT molecular complexity index is 721. The van der Waals surface area contributed by atoms with Crippen LogP contribution >= 0.6 is 46.3 Å². The maximum atomic E-state index is 11.6. The molecular weight excluding hydrogens is 363 g/mol. The number of nitrogens with zero attached hydrogens (tertiary/aromatic N) is 1. The molecule has 8 heteroatoms. The van der Waals surface area contributed by atoms with Crippen LogP contribution in [-0.4, -0.2) is 23.8 Å². The third kappa shape index (κ3) is 3.20. The predicted octanol–water partition coefficient (Wildman–Crippen LogP) is 4.89. The molecule has 0 fully saturated rings. The highest BCUT2D eigenvalue weighted by atomic mass is 35.5. The van der Waals surface area contributed by atoms with Crippen LogP contribution in [-0.2, 0) is 4.74 Å².